The van der Waals surface area contributed by atoms with Gasteiger partial charge in [-0.05, 0) is 35.8 Å². The van der Waals surface area contributed by atoms with E-state index < -0.39 is 0 Å². The van der Waals surface area contributed by atoms with E-state index in [0.717, 1.165) is 24.8 Å². The smallest absolute Gasteiger partial charge is 0.305 e. The minimum absolute atomic E-state index is 0.0153. The van der Waals surface area contributed by atoms with E-state index in [0.29, 0.717) is 6.42 Å². The van der Waals surface area contributed by atoms with Crippen molar-refractivity contribution in [2.75, 3.05) is 7.11 Å². The fourth-order valence-corrected chi connectivity index (χ4v) is 2.12. The molecule has 112 valence electrons. The first-order chi connectivity index (χ1) is 9.40. The van der Waals surface area contributed by atoms with Crippen LogP contribution in [0.15, 0.2) is 24.3 Å². The van der Waals surface area contributed by atoms with Gasteiger partial charge in [0.05, 0.1) is 7.11 Å². The molecule has 1 aromatic carbocycles. The molecule has 0 heterocycles. The number of hydrogen-bond donors (Lipinski definition) is 1. The molecular weight excluding hydrogens is 250 g/mol. The zero-order valence-corrected chi connectivity index (χ0v) is 13.1. The highest BCUT2D eigenvalue weighted by Gasteiger charge is 2.18. The Balaban J connectivity index is 2.57. The average molecular weight is 277 g/mol. The van der Waals surface area contributed by atoms with Crippen molar-refractivity contribution in [2.45, 2.75) is 57.9 Å². The topological polar surface area (TPSA) is 52.3 Å². The predicted molar refractivity (Wildman–Crippen MR) is 82.6 cm³/mol. The highest BCUT2D eigenvalue weighted by molar-refractivity contribution is 5.69. The molecule has 2 N–H and O–H groups in total. The van der Waals surface area contributed by atoms with Gasteiger partial charge in [-0.15, -0.1) is 0 Å². The number of carbonyl (C=O) groups is 1. The largest absolute Gasteiger partial charge is 0.469 e. The molecule has 0 spiro atoms. The van der Waals surface area contributed by atoms with Crippen LogP contribution in [0.25, 0.3) is 0 Å². The van der Waals surface area contributed by atoms with Gasteiger partial charge < -0.3 is 10.5 Å². The summed E-state index contributed by atoms with van der Waals surface area (Å²) in [4.78, 5) is 11.1. The SMILES string of the molecule is CCC(C)(C)c1ccc(C(N)CCCC(=O)OC)cc1. The number of nitrogens with two attached hydrogens (primary N) is 1. The number of methoxy groups -OCH3 is 1. The van der Waals surface area contributed by atoms with Crippen molar-refractivity contribution in [3.63, 3.8) is 0 Å². The summed E-state index contributed by atoms with van der Waals surface area (Å²) in [6, 6.07) is 8.53. The molecule has 0 aliphatic heterocycles. The maximum Gasteiger partial charge on any atom is 0.305 e. The molecular formula is C17H27NO2. The second kappa shape index (κ2) is 7.44. The van der Waals surface area contributed by atoms with Crippen LogP contribution in [0, 0.1) is 0 Å². The Hall–Kier alpha value is -1.35. The van der Waals surface area contributed by atoms with Crippen LogP contribution in [0.5, 0.6) is 0 Å². The third kappa shape index (κ3) is 4.64. The van der Waals surface area contributed by atoms with E-state index in [4.69, 9.17) is 5.73 Å². The van der Waals surface area contributed by atoms with Crippen LogP contribution in [0.1, 0.15) is 63.6 Å². The van der Waals surface area contributed by atoms with Gasteiger partial charge in [0.2, 0.25) is 0 Å². The van der Waals surface area contributed by atoms with Crippen LogP contribution in [-0.4, -0.2) is 13.1 Å². The molecule has 1 unspecified atom stereocenters. The fourth-order valence-electron chi connectivity index (χ4n) is 2.12. The van der Waals surface area contributed by atoms with Gasteiger partial charge in [0.25, 0.3) is 0 Å². The molecule has 0 aromatic heterocycles. The maximum atomic E-state index is 11.1. The molecule has 1 rings (SSSR count). The molecule has 1 atom stereocenters. The molecule has 0 fully saturated rings. The third-order valence-corrected chi connectivity index (χ3v) is 4.13. The lowest BCUT2D eigenvalue weighted by Gasteiger charge is -2.24. The monoisotopic (exact) mass is 277 g/mol. The summed E-state index contributed by atoms with van der Waals surface area (Å²) in [6.45, 7) is 6.70. The molecule has 0 bridgehead atoms. The molecule has 0 saturated heterocycles. The molecule has 0 amide bonds. The van der Waals surface area contributed by atoms with E-state index in [-0.39, 0.29) is 17.4 Å². The molecule has 3 heteroatoms. The summed E-state index contributed by atoms with van der Waals surface area (Å²) >= 11 is 0. The Morgan fingerprint density at radius 1 is 1.30 bits per heavy atom. The first-order valence-electron chi connectivity index (χ1n) is 7.33. The number of carbonyl (C=O) groups excluding carboxylic acids is 1. The lowest BCUT2D eigenvalue weighted by atomic mass is 9.81. The van der Waals surface area contributed by atoms with Gasteiger partial charge in [-0.25, -0.2) is 0 Å². The quantitative estimate of drug-likeness (QED) is 0.773. The molecule has 3 nitrogen and oxygen atoms in total. The minimum atomic E-state index is -0.169. The molecule has 0 aliphatic carbocycles. The zero-order valence-electron chi connectivity index (χ0n) is 13.1. The lowest BCUT2D eigenvalue weighted by Crippen LogP contribution is -2.16. The van der Waals surface area contributed by atoms with Gasteiger partial charge in [-0.1, -0.05) is 45.0 Å². The Morgan fingerprint density at radius 2 is 1.90 bits per heavy atom. The van der Waals surface area contributed by atoms with Gasteiger partial charge in [0.15, 0.2) is 0 Å². The van der Waals surface area contributed by atoms with E-state index in [1.54, 1.807) is 0 Å². The van der Waals surface area contributed by atoms with E-state index >= 15 is 0 Å². The lowest BCUT2D eigenvalue weighted by molar-refractivity contribution is -0.140. The second-order valence-corrected chi connectivity index (χ2v) is 5.93. The van der Waals surface area contributed by atoms with Crippen molar-refractivity contribution in [2.24, 2.45) is 5.73 Å². The highest BCUT2D eigenvalue weighted by atomic mass is 16.5. The summed E-state index contributed by atoms with van der Waals surface area (Å²) in [5.74, 6) is -0.169. The molecule has 20 heavy (non-hydrogen) atoms. The van der Waals surface area contributed by atoms with Crippen LogP contribution in [0.4, 0.5) is 0 Å². The second-order valence-electron chi connectivity index (χ2n) is 5.93. The van der Waals surface area contributed by atoms with Crippen molar-refractivity contribution in [3.8, 4) is 0 Å². The summed E-state index contributed by atoms with van der Waals surface area (Å²) in [6.07, 6.45) is 3.10. The van der Waals surface area contributed by atoms with Crippen LogP contribution in [0.3, 0.4) is 0 Å². The van der Waals surface area contributed by atoms with Crippen molar-refractivity contribution in [1.82, 2.24) is 0 Å². The van der Waals surface area contributed by atoms with E-state index in [1.807, 2.05) is 0 Å². The van der Waals surface area contributed by atoms with E-state index in [2.05, 4.69) is 49.8 Å². The van der Waals surface area contributed by atoms with Crippen LogP contribution < -0.4 is 5.73 Å². The van der Waals surface area contributed by atoms with Gasteiger partial charge in [0.1, 0.15) is 0 Å². The molecule has 0 saturated carbocycles. The number of rotatable bonds is 7. The van der Waals surface area contributed by atoms with Crippen molar-refractivity contribution < 1.29 is 9.53 Å². The van der Waals surface area contributed by atoms with Crippen molar-refractivity contribution >= 4 is 5.97 Å². The number of benzene rings is 1. The Kier molecular flexibility index (Phi) is 6.21. The minimum Gasteiger partial charge on any atom is -0.469 e. The fraction of sp³-hybridized carbons (Fsp3) is 0.588. The summed E-state index contributed by atoms with van der Waals surface area (Å²) in [7, 11) is 1.41. The van der Waals surface area contributed by atoms with Crippen molar-refractivity contribution in [1.29, 1.82) is 0 Å². The van der Waals surface area contributed by atoms with Crippen molar-refractivity contribution in [3.05, 3.63) is 35.4 Å². The molecule has 0 aliphatic rings. The summed E-state index contributed by atoms with van der Waals surface area (Å²) < 4.78 is 4.62. The predicted octanol–water partition coefficient (Wildman–Crippen LogP) is 3.72. The third-order valence-electron chi connectivity index (χ3n) is 4.13. The molecule has 0 radical (unpaired) electrons. The number of hydrogen-bond acceptors (Lipinski definition) is 3. The standard InChI is InChI=1S/C17H27NO2/c1-5-17(2,3)14-11-9-13(10-12-14)15(18)7-6-8-16(19)20-4/h9-12,15H,5-8,18H2,1-4H3. The summed E-state index contributed by atoms with van der Waals surface area (Å²) in [5, 5.41) is 0. The Bertz CT molecular complexity index is 423. The first kappa shape index (κ1) is 16.7. The maximum absolute atomic E-state index is 11.1. The van der Waals surface area contributed by atoms with Crippen LogP contribution in [0.2, 0.25) is 0 Å². The summed E-state index contributed by atoms with van der Waals surface area (Å²) in [5.41, 5.74) is 8.83. The van der Waals surface area contributed by atoms with Gasteiger partial charge >= 0.3 is 5.97 Å². The van der Waals surface area contributed by atoms with E-state index in [9.17, 15) is 4.79 Å². The average Bonchev–Trinajstić information content (AvgIpc) is 2.47. The number of ether oxygens (including phenoxy) is 1. The highest BCUT2D eigenvalue weighted by Crippen LogP contribution is 2.28. The zero-order chi connectivity index (χ0) is 15.2. The Labute approximate surface area is 122 Å². The van der Waals surface area contributed by atoms with Gasteiger partial charge in [-0.3, -0.25) is 4.79 Å². The normalized spacial score (nSPS) is 13.1. The molecule has 1 aromatic rings. The van der Waals surface area contributed by atoms with Gasteiger partial charge in [0, 0.05) is 12.5 Å². The Morgan fingerprint density at radius 3 is 2.40 bits per heavy atom. The van der Waals surface area contributed by atoms with Crippen LogP contribution >= 0.6 is 0 Å². The number of esters is 1. The van der Waals surface area contributed by atoms with Crippen LogP contribution in [-0.2, 0) is 14.9 Å². The van der Waals surface area contributed by atoms with Gasteiger partial charge in [-0.2, -0.15) is 0 Å². The van der Waals surface area contributed by atoms with E-state index in [1.165, 1.54) is 12.7 Å². The first-order valence-corrected chi connectivity index (χ1v) is 7.33.